The Morgan fingerprint density at radius 1 is 1.28 bits per heavy atom. The van der Waals surface area contributed by atoms with Crippen molar-refractivity contribution in [1.29, 1.82) is 0 Å². The third-order valence-electron chi connectivity index (χ3n) is 6.01. The zero-order valence-electron chi connectivity index (χ0n) is 17.0. The zero-order valence-corrected chi connectivity index (χ0v) is 17.0. The molecule has 2 aliphatic rings. The minimum atomic E-state index is 0.456. The van der Waals surface area contributed by atoms with Crippen LogP contribution >= 0.6 is 0 Å². The third kappa shape index (κ3) is 6.45. The number of rotatable bonds is 7. The highest BCUT2D eigenvalue weighted by atomic mass is 16.5. The van der Waals surface area contributed by atoms with Crippen LogP contribution in [0.15, 0.2) is 4.99 Å². The molecule has 0 aliphatic carbocycles. The SMILES string of the molecule is CCCC1(C)CCCN(C(=NC)NCC2CCN(CCOC)CC2)C1. The Kier molecular flexibility index (Phi) is 8.50. The second kappa shape index (κ2) is 10.4. The van der Waals surface area contributed by atoms with E-state index < -0.39 is 0 Å². The van der Waals surface area contributed by atoms with E-state index in [2.05, 4.69) is 34.0 Å². The topological polar surface area (TPSA) is 40.1 Å². The summed E-state index contributed by atoms with van der Waals surface area (Å²) in [6, 6.07) is 0. The molecule has 2 heterocycles. The summed E-state index contributed by atoms with van der Waals surface area (Å²) in [6.07, 6.45) is 7.80. The van der Waals surface area contributed by atoms with Crippen LogP contribution in [-0.4, -0.2) is 75.8 Å². The molecule has 0 spiro atoms. The van der Waals surface area contributed by atoms with Gasteiger partial charge in [-0.25, -0.2) is 0 Å². The monoisotopic (exact) mass is 352 g/mol. The number of likely N-dealkylation sites (tertiary alicyclic amines) is 2. The minimum Gasteiger partial charge on any atom is -0.383 e. The van der Waals surface area contributed by atoms with Gasteiger partial charge in [-0.1, -0.05) is 20.3 Å². The zero-order chi connectivity index (χ0) is 18.1. The average molecular weight is 353 g/mol. The average Bonchev–Trinajstić information content (AvgIpc) is 2.61. The summed E-state index contributed by atoms with van der Waals surface area (Å²) in [5, 5.41) is 3.68. The van der Waals surface area contributed by atoms with Gasteiger partial charge in [0, 0.05) is 40.3 Å². The number of nitrogens with one attached hydrogen (secondary N) is 1. The van der Waals surface area contributed by atoms with E-state index in [-0.39, 0.29) is 0 Å². The maximum Gasteiger partial charge on any atom is 0.193 e. The first-order valence-electron chi connectivity index (χ1n) is 10.3. The summed E-state index contributed by atoms with van der Waals surface area (Å²) < 4.78 is 5.19. The van der Waals surface area contributed by atoms with Crippen LogP contribution in [0.1, 0.15) is 52.4 Å². The Bertz CT molecular complexity index is 403. The van der Waals surface area contributed by atoms with Crippen molar-refractivity contribution in [2.75, 3.05) is 60.0 Å². The fourth-order valence-corrected chi connectivity index (χ4v) is 4.51. The summed E-state index contributed by atoms with van der Waals surface area (Å²) in [7, 11) is 3.72. The van der Waals surface area contributed by atoms with Crippen molar-refractivity contribution in [3.63, 3.8) is 0 Å². The van der Waals surface area contributed by atoms with Crippen LogP contribution in [0.5, 0.6) is 0 Å². The Morgan fingerprint density at radius 3 is 2.68 bits per heavy atom. The van der Waals surface area contributed by atoms with Gasteiger partial charge in [-0.05, 0) is 56.5 Å². The van der Waals surface area contributed by atoms with Gasteiger partial charge in [-0.2, -0.15) is 0 Å². The largest absolute Gasteiger partial charge is 0.383 e. The highest BCUT2D eigenvalue weighted by molar-refractivity contribution is 5.80. The van der Waals surface area contributed by atoms with Gasteiger partial charge in [0.2, 0.25) is 0 Å². The van der Waals surface area contributed by atoms with Crippen molar-refractivity contribution >= 4 is 5.96 Å². The number of hydrogen-bond acceptors (Lipinski definition) is 3. The van der Waals surface area contributed by atoms with Crippen molar-refractivity contribution < 1.29 is 4.74 Å². The normalized spacial score (nSPS) is 26.9. The lowest BCUT2D eigenvalue weighted by Gasteiger charge is -2.42. The standard InChI is InChI=1S/C20H40N4O/c1-5-9-20(2)10-6-11-24(17-20)19(21-3)22-16-18-7-12-23(13-8-18)14-15-25-4/h18H,5-17H2,1-4H3,(H,21,22). The fraction of sp³-hybridized carbons (Fsp3) is 0.950. The van der Waals surface area contributed by atoms with Crippen LogP contribution in [0.25, 0.3) is 0 Å². The summed E-state index contributed by atoms with van der Waals surface area (Å²) >= 11 is 0. The quantitative estimate of drug-likeness (QED) is 0.565. The first-order valence-corrected chi connectivity index (χ1v) is 10.3. The summed E-state index contributed by atoms with van der Waals surface area (Å²) in [5.74, 6) is 1.88. The number of nitrogens with zero attached hydrogens (tertiary/aromatic N) is 3. The van der Waals surface area contributed by atoms with Crippen molar-refractivity contribution in [2.45, 2.75) is 52.4 Å². The van der Waals surface area contributed by atoms with E-state index in [0.717, 1.165) is 44.7 Å². The molecule has 0 bridgehead atoms. The highest BCUT2D eigenvalue weighted by Crippen LogP contribution is 2.33. The second-order valence-electron chi connectivity index (χ2n) is 8.29. The van der Waals surface area contributed by atoms with Crippen LogP contribution in [-0.2, 0) is 4.74 Å². The fourth-order valence-electron chi connectivity index (χ4n) is 4.51. The Hall–Kier alpha value is -0.810. The van der Waals surface area contributed by atoms with Gasteiger partial charge >= 0.3 is 0 Å². The van der Waals surface area contributed by atoms with Gasteiger partial charge in [-0.3, -0.25) is 4.99 Å². The smallest absolute Gasteiger partial charge is 0.193 e. The number of piperidine rings is 2. The van der Waals surface area contributed by atoms with Gasteiger partial charge in [0.25, 0.3) is 0 Å². The molecule has 0 amide bonds. The second-order valence-corrected chi connectivity index (χ2v) is 8.29. The van der Waals surface area contributed by atoms with E-state index in [0.29, 0.717) is 5.41 Å². The molecule has 2 saturated heterocycles. The molecule has 1 unspecified atom stereocenters. The lowest BCUT2D eigenvalue weighted by molar-refractivity contribution is 0.119. The van der Waals surface area contributed by atoms with Gasteiger partial charge in [0.05, 0.1) is 6.61 Å². The molecule has 0 radical (unpaired) electrons. The van der Waals surface area contributed by atoms with Crippen molar-refractivity contribution in [3.05, 3.63) is 0 Å². The third-order valence-corrected chi connectivity index (χ3v) is 6.01. The van der Waals surface area contributed by atoms with Crippen molar-refractivity contribution in [1.82, 2.24) is 15.1 Å². The van der Waals surface area contributed by atoms with Crippen molar-refractivity contribution in [3.8, 4) is 0 Å². The number of aliphatic imine (C=N–C) groups is 1. The molecular weight excluding hydrogens is 312 g/mol. The van der Waals surface area contributed by atoms with Crippen LogP contribution in [0, 0.1) is 11.3 Å². The van der Waals surface area contributed by atoms with Crippen LogP contribution in [0.3, 0.4) is 0 Å². The van der Waals surface area contributed by atoms with E-state index in [4.69, 9.17) is 4.74 Å². The van der Waals surface area contributed by atoms with E-state index in [1.165, 1.54) is 51.6 Å². The maximum absolute atomic E-state index is 5.19. The van der Waals surface area contributed by atoms with Crippen molar-refractivity contribution in [2.24, 2.45) is 16.3 Å². The molecular formula is C20H40N4O. The molecule has 5 heteroatoms. The first kappa shape index (κ1) is 20.5. The molecule has 2 aliphatic heterocycles. The maximum atomic E-state index is 5.19. The number of guanidine groups is 1. The van der Waals surface area contributed by atoms with Crippen LogP contribution < -0.4 is 5.32 Å². The van der Waals surface area contributed by atoms with Gasteiger partial charge < -0.3 is 19.9 Å². The summed E-state index contributed by atoms with van der Waals surface area (Å²) in [6.45, 7) is 12.4. The molecule has 25 heavy (non-hydrogen) atoms. The van der Waals surface area contributed by atoms with E-state index >= 15 is 0 Å². The first-order chi connectivity index (χ1) is 12.1. The molecule has 2 rings (SSSR count). The number of ether oxygens (including phenoxy) is 1. The van der Waals surface area contributed by atoms with Crippen LogP contribution in [0.2, 0.25) is 0 Å². The van der Waals surface area contributed by atoms with Gasteiger partial charge in [-0.15, -0.1) is 0 Å². The summed E-state index contributed by atoms with van der Waals surface area (Å²) in [4.78, 5) is 9.60. The molecule has 146 valence electrons. The molecule has 0 aromatic rings. The predicted octanol–water partition coefficient (Wildman–Crippen LogP) is 2.82. The van der Waals surface area contributed by atoms with Gasteiger partial charge in [0.15, 0.2) is 5.96 Å². The predicted molar refractivity (Wildman–Crippen MR) is 106 cm³/mol. The summed E-state index contributed by atoms with van der Waals surface area (Å²) in [5.41, 5.74) is 0.456. The lowest BCUT2D eigenvalue weighted by atomic mass is 9.78. The highest BCUT2D eigenvalue weighted by Gasteiger charge is 2.31. The van der Waals surface area contributed by atoms with E-state index in [1.807, 2.05) is 7.05 Å². The van der Waals surface area contributed by atoms with E-state index in [9.17, 15) is 0 Å². The molecule has 0 aromatic heterocycles. The lowest BCUT2D eigenvalue weighted by Crippen LogP contribution is -2.51. The number of hydrogen-bond donors (Lipinski definition) is 1. The molecule has 1 N–H and O–H groups in total. The number of methoxy groups -OCH3 is 1. The van der Waals surface area contributed by atoms with Crippen LogP contribution in [0.4, 0.5) is 0 Å². The van der Waals surface area contributed by atoms with Gasteiger partial charge in [0.1, 0.15) is 0 Å². The molecule has 1 atom stereocenters. The Balaban J connectivity index is 1.75. The molecule has 2 fully saturated rings. The molecule has 5 nitrogen and oxygen atoms in total. The minimum absolute atomic E-state index is 0.456. The molecule has 0 saturated carbocycles. The Morgan fingerprint density at radius 2 is 2.04 bits per heavy atom. The Labute approximate surface area is 155 Å². The van der Waals surface area contributed by atoms with E-state index in [1.54, 1.807) is 7.11 Å². The molecule has 0 aromatic carbocycles.